The number of imidazole rings is 1. The first-order valence-electron chi connectivity index (χ1n) is 5.86. The van der Waals surface area contributed by atoms with Crippen molar-refractivity contribution >= 4 is 23.2 Å². The number of aryl methyl sites for hydroxylation is 1. The molecule has 0 bridgehead atoms. The normalized spacial score (nSPS) is 10.9. The third-order valence-corrected chi connectivity index (χ3v) is 3.78. The van der Waals surface area contributed by atoms with Crippen LogP contribution in [0.3, 0.4) is 0 Å². The highest BCUT2D eigenvalue weighted by molar-refractivity contribution is 6.43. The van der Waals surface area contributed by atoms with Gasteiger partial charge in [-0.3, -0.25) is 0 Å². The topological polar surface area (TPSA) is 72.3 Å². The molecule has 1 N–H and O–H groups in total. The van der Waals surface area contributed by atoms with Crippen LogP contribution >= 0.6 is 23.2 Å². The quantitative estimate of drug-likeness (QED) is 0.807. The zero-order valence-electron chi connectivity index (χ0n) is 10.5. The molecule has 0 saturated heterocycles. The maximum atomic E-state index is 6.21. The van der Waals surface area contributed by atoms with E-state index in [1.807, 2.05) is 19.1 Å². The molecule has 0 amide bonds. The fourth-order valence-electron chi connectivity index (χ4n) is 1.87. The maximum absolute atomic E-state index is 6.21. The molecule has 0 spiro atoms. The number of rotatable bonds is 3. The fraction of sp³-hybridized carbons (Fsp3) is 0.167. The van der Waals surface area contributed by atoms with Gasteiger partial charge in [0.2, 0.25) is 0 Å². The molecule has 2 heterocycles. The second-order valence-corrected chi connectivity index (χ2v) is 5.02. The summed E-state index contributed by atoms with van der Waals surface area (Å²) < 4.78 is 1.64. The Labute approximate surface area is 124 Å². The molecule has 2 aromatic heterocycles. The van der Waals surface area contributed by atoms with Crippen molar-refractivity contribution in [1.82, 2.24) is 30.2 Å². The summed E-state index contributed by atoms with van der Waals surface area (Å²) in [4.78, 5) is 7.25. The molecule has 0 fully saturated rings. The fourth-order valence-corrected chi connectivity index (χ4v) is 2.25. The minimum atomic E-state index is 0.434. The van der Waals surface area contributed by atoms with Gasteiger partial charge in [-0.25, -0.2) is 9.67 Å². The average Bonchev–Trinajstić information content (AvgIpc) is 3.04. The monoisotopic (exact) mass is 308 g/mol. The van der Waals surface area contributed by atoms with E-state index in [4.69, 9.17) is 23.2 Å². The summed E-state index contributed by atoms with van der Waals surface area (Å²) in [6.45, 7) is 2.40. The largest absolute Gasteiger partial charge is 0.348 e. The van der Waals surface area contributed by atoms with Gasteiger partial charge in [-0.1, -0.05) is 29.3 Å². The molecule has 0 atom stereocenters. The predicted molar refractivity (Wildman–Crippen MR) is 75.7 cm³/mol. The molecule has 20 heavy (non-hydrogen) atoms. The Bertz CT molecular complexity index is 748. The van der Waals surface area contributed by atoms with E-state index in [0.717, 1.165) is 11.4 Å². The first-order chi connectivity index (χ1) is 9.66. The predicted octanol–water partition coefficient (Wildman–Crippen LogP) is 2.73. The van der Waals surface area contributed by atoms with E-state index in [2.05, 4.69) is 25.5 Å². The van der Waals surface area contributed by atoms with Crippen molar-refractivity contribution in [3.8, 4) is 11.4 Å². The average molecular weight is 309 g/mol. The van der Waals surface area contributed by atoms with Gasteiger partial charge in [0.1, 0.15) is 0 Å². The highest BCUT2D eigenvalue weighted by Gasteiger charge is 2.15. The summed E-state index contributed by atoms with van der Waals surface area (Å²) in [5, 5.41) is 12.6. The number of H-pyrrole nitrogens is 1. The first kappa shape index (κ1) is 13.1. The summed E-state index contributed by atoms with van der Waals surface area (Å²) in [7, 11) is 0. The Hall–Kier alpha value is -1.92. The van der Waals surface area contributed by atoms with Gasteiger partial charge in [-0.15, -0.1) is 5.10 Å². The third-order valence-electron chi connectivity index (χ3n) is 2.96. The smallest absolute Gasteiger partial charge is 0.183 e. The van der Waals surface area contributed by atoms with Crippen LogP contribution in [0.25, 0.3) is 11.4 Å². The molecule has 1 aromatic carbocycles. The molecule has 8 heteroatoms. The van der Waals surface area contributed by atoms with Crippen LogP contribution in [0.1, 0.15) is 11.4 Å². The number of nitrogens with zero attached hydrogens (tertiary/aromatic N) is 5. The molecule has 0 aliphatic heterocycles. The first-order valence-corrected chi connectivity index (χ1v) is 6.62. The molecular formula is C12H10Cl2N6. The summed E-state index contributed by atoms with van der Waals surface area (Å²) in [5.41, 5.74) is 2.54. The van der Waals surface area contributed by atoms with E-state index >= 15 is 0 Å². The molecule has 0 unspecified atom stereocenters. The van der Waals surface area contributed by atoms with Gasteiger partial charge in [0.15, 0.2) is 5.82 Å². The lowest BCUT2D eigenvalue weighted by molar-refractivity contribution is 0.642. The molecule has 0 aliphatic rings. The zero-order valence-corrected chi connectivity index (χ0v) is 12.0. The van der Waals surface area contributed by atoms with Gasteiger partial charge in [0.05, 0.1) is 28.6 Å². The van der Waals surface area contributed by atoms with Crippen LogP contribution < -0.4 is 0 Å². The van der Waals surface area contributed by atoms with Crippen molar-refractivity contribution in [2.24, 2.45) is 0 Å². The van der Waals surface area contributed by atoms with E-state index in [1.165, 1.54) is 0 Å². The van der Waals surface area contributed by atoms with Crippen molar-refractivity contribution in [2.45, 2.75) is 13.5 Å². The van der Waals surface area contributed by atoms with Crippen LogP contribution in [-0.4, -0.2) is 30.2 Å². The maximum Gasteiger partial charge on any atom is 0.183 e. The minimum Gasteiger partial charge on any atom is -0.348 e. The van der Waals surface area contributed by atoms with Gasteiger partial charge in [0, 0.05) is 11.3 Å². The summed E-state index contributed by atoms with van der Waals surface area (Å²) in [6, 6.07) is 5.36. The van der Waals surface area contributed by atoms with Crippen molar-refractivity contribution in [3.05, 3.63) is 46.0 Å². The molecule has 0 saturated carbocycles. The Morgan fingerprint density at radius 2 is 2.15 bits per heavy atom. The number of hydrogen-bond acceptors (Lipinski definition) is 4. The molecule has 0 radical (unpaired) electrons. The van der Waals surface area contributed by atoms with Crippen LogP contribution in [0.5, 0.6) is 0 Å². The Morgan fingerprint density at radius 3 is 2.90 bits per heavy atom. The third kappa shape index (κ3) is 2.28. The number of tetrazole rings is 1. The van der Waals surface area contributed by atoms with Crippen LogP contribution in [0.15, 0.2) is 24.5 Å². The number of benzene rings is 1. The zero-order chi connectivity index (χ0) is 14.1. The van der Waals surface area contributed by atoms with Crippen molar-refractivity contribution in [3.63, 3.8) is 0 Å². The van der Waals surface area contributed by atoms with Crippen molar-refractivity contribution in [2.75, 3.05) is 0 Å². The van der Waals surface area contributed by atoms with Crippen molar-refractivity contribution < 1.29 is 0 Å². The van der Waals surface area contributed by atoms with Gasteiger partial charge in [-0.2, -0.15) is 0 Å². The van der Waals surface area contributed by atoms with E-state index in [0.29, 0.717) is 28.0 Å². The van der Waals surface area contributed by atoms with Gasteiger partial charge in [-0.05, 0) is 29.5 Å². The number of halogens is 2. The van der Waals surface area contributed by atoms with Gasteiger partial charge in [0.25, 0.3) is 0 Å². The Balaban J connectivity index is 2.02. The standard InChI is InChI=1S/C12H10Cl2N6/c1-7-10(16-6-15-7)5-20-12(17-18-19-20)8-3-2-4-9(13)11(8)14/h2-4,6H,5H2,1H3,(H,15,16). The summed E-state index contributed by atoms with van der Waals surface area (Å²) >= 11 is 12.2. The lowest BCUT2D eigenvalue weighted by Gasteiger charge is -2.06. The Kier molecular flexibility index (Phi) is 3.42. The Morgan fingerprint density at radius 1 is 1.30 bits per heavy atom. The molecule has 6 nitrogen and oxygen atoms in total. The number of nitrogens with one attached hydrogen (secondary N) is 1. The van der Waals surface area contributed by atoms with E-state index in [-0.39, 0.29) is 0 Å². The van der Waals surface area contributed by atoms with E-state index in [1.54, 1.807) is 17.1 Å². The lowest BCUT2D eigenvalue weighted by atomic mass is 10.2. The number of aromatic amines is 1. The number of hydrogen-bond donors (Lipinski definition) is 1. The second-order valence-electron chi connectivity index (χ2n) is 4.24. The molecular weight excluding hydrogens is 299 g/mol. The molecule has 0 aliphatic carbocycles. The van der Waals surface area contributed by atoms with E-state index < -0.39 is 0 Å². The lowest BCUT2D eigenvalue weighted by Crippen LogP contribution is -2.06. The molecule has 102 valence electrons. The molecule has 3 aromatic rings. The summed E-state index contributed by atoms with van der Waals surface area (Å²) in [5.74, 6) is 0.555. The summed E-state index contributed by atoms with van der Waals surface area (Å²) in [6.07, 6.45) is 1.64. The minimum absolute atomic E-state index is 0.434. The van der Waals surface area contributed by atoms with Crippen LogP contribution in [0.2, 0.25) is 10.0 Å². The van der Waals surface area contributed by atoms with Crippen LogP contribution in [0, 0.1) is 6.92 Å². The second kappa shape index (κ2) is 5.22. The SMILES string of the molecule is Cc1[nH]cnc1Cn1nnnc1-c1cccc(Cl)c1Cl. The van der Waals surface area contributed by atoms with Crippen LogP contribution in [-0.2, 0) is 6.54 Å². The highest BCUT2D eigenvalue weighted by atomic mass is 35.5. The van der Waals surface area contributed by atoms with Gasteiger partial charge >= 0.3 is 0 Å². The van der Waals surface area contributed by atoms with Crippen molar-refractivity contribution in [1.29, 1.82) is 0 Å². The molecule has 3 rings (SSSR count). The van der Waals surface area contributed by atoms with Gasteiger partial charge < -0.3 is 4.98 Å². The highest BCUT2D eigenvalue weighted by Crippen LogP contribution is 2.32. The number of aromatic nitrogens is 6. The van der Waals surface area contributed by atoms with Crippen LogP contribution in [0.4, 0.5) is 0 Å². The van der Waals surface area contributed by atoms with E-state index in [9.17, 15) is 0 Å².